The van der Waals surface area contributed by atoms with Crippen LogP contribution in [0.15, 0.2) is 29.3 Å². The van der Waals surface area contributed by atoms with Gasteiger partial charge in [-0.2, -0.15) is 18.2 Å². The Labute approximate surface area is 169 Å². The number of amidine groups is 1. The Balaban J connectivity index is 2.15. The molecule has 1 fully saturated rings. The predicted octanol–water partition coefficient (Wildman–Crippen LogP) is 3.28. The number of benzene rings is 1. The molecular formula is C20H28F3N3O3. The van der Waals surface area contributed by atoms with Gasteiger partial charge in [-0.25, -0.2) is 0 Å². The Bertz CT molecular complexity index is 684. The van der Waals surface area contributed by atoms with E-state index < -0.39 is 17.6 Å². The smallest absolute Gasteiger partial charge is 0.416 e. The zero-order chi connectivity index (χ0) is 21.4. The molecule has 0 spiro atoms. The van der Waals surface area contributed by atoms with Crippen LogP contribution < -0.4 is 0 Å². The summed E-state index contributed by atoms with van der Waals surface area (Å²) in [6.45, 7) is 4.84. The molecule has 1 aliphatic rings. The first-order valence-electron chi connectivity index (χ1n) is 9.64. The number of hydrogen-bond donors (Lipinski definition) is 0. The van der Waals surface area contributed by atoms with Crippen molar-refractivity contribution in [1.29, 1.82) is 0 Å². The highest BCUT2D eigenvalue weighted by molar-refractivity contribution is 6.01. The van der Waals surface area contributed by atoms with Gasteiger partial charge in [0.2, 0.25) is 0 Å². The van der Waals surface area contributed by atoms with Crippen molar-refractivity contribution in [1.82, 2.24) is 9.80 Å². The molecule has 29 heavy (non-hydrogen) atoms. The largest absolute Gasteiger partial charge is 0.462 e. The van der Waals surface area contributed by atoms with Crippen molar-refractivity contribution in [3.8, 4) is 0 Å². The normalized spacial score (nSPS) is 16.7. The number of nitrogens with zero attached hydrogens (tertiary/aromatic N) is 3. The van der Waals surface area contributed by atoms with Crippen LogP contribution in [-0.2, 0) is 15.7 Å². The first kappa shape index (κ1) is 23.2. The van der Waals surface area contributed by atoms with E-state index in [2.05, 4.69) is 16.9 Å². The molecule has 162 valence electrons. The van der Waals surface area contributed by atoms with E-state index in [4.69, 9.17) is 9.47 Å². The highest BCUT2D eigenvalue weighted by atomic mass is 19.4. The van der Waals surface area contributed by atoms with E-state index in [-0.39, 0.29) is 24.2 Å². The van der Waals surface area contributed by atoms with Gasteiger partial charge in [-0.1, -0.05) is 0 Å². The number of halogens is 3. The average molecular weight is 415 g/mol. The molecule has 0 bridgehead atoms. The molecule has 1 aliphatic heterocycles. The van der Waals surface area contributed by atoms with E-state index in [0.29, 0.717) is 13.2 Å². The van der Waals surface area contributed by atoms with E-state index in [0.717, 1.165) is 50.2 Å². The number of amides is 1. The quantitative estimate of drug-likeness (QED) is 0.406. The fourth-order valence-electron chi connectivity index (χ4n) is 3.04. The van der Waals surface area contributed by atoms with Crippen LogP contribution in [-0.4, -0.2) is 74.8 Å². The van der Waals surface area contributed by atoms with Gasteiger partial charge < -0.3 is 19.3 Å². The standard InChI is InChI=1S/C20H28F3N3O3/c1-4-28-13-14-29-19(26(3)17-9-11-25(2)12-10-17)24-18(27)15-5-7-16(8-6-15)20(21,22)23/h5-8,17H,4,9-14H2,1-3H3. The van der Waals surface area contributed by atoms with Crippen LogP contribution in [0.5, 0.6) is 0 Å². The first-order valence-corrected chi connectivity index (χ1v) is 9.64. The molecule has 0 unspecified atom stereocenters. The summed E-state index contributed by atoms with van der Waals surface area (Å²) in [6.07, 6.45) is -2.66. The third-order valence-corrected chi connectivity index (χ3v) is 4.86. The Morgan fingerprint density at radius 2 is 1.83 bits per heavy atom. The van der Waals surface area contributed by atoms with Crippen LogP contribution in [0.3, 0.4) is 0 Å². The second-order valence-corrected chi connectivity index (χ2v) is 6.97. The minimum atomic E-state index is -4.45. The summed E-state index contributed by atoms with van der Waals surface area (Å²) in [4.78, 5) is 20.7. The second-order valence-electron chi connectivity index (χ2n) is 6.97. The van der Waals surface area contributed by atoms with Crippen molar-refractivity contribution >= 4 is 11.9 Å². The Morgan fingerprint density at radius 1 is 1.21 bits per heavy atom. The number of piperidine rings is 1. The monoisotopic (exact) mass is 415 g/mol. The third-order valence-electron chi connectivity index (χ3n) is 4.86. The highest BCUT2D eigenvalue weighted by Gasteiger charge is 2.30. The molecule has 1 amide bonds. The molecule has 0 aromatic heterocycles. The third kappa shape index (κ3) is 7.01. The fraction of sp³-hybridized carbons (Fsp3) is 0.600. The zero-order valence-electron chi connectivity index (χ0n) is 17.0. The van der Waals surface area contributed by atoms with Gasteiger partial charge in [-0.15, -0.1) is 0 Å². The van der Waals surface area contributed by atoms with Gasteiger partial charge in [0.15, 0.2) is 0 Å². The number of alkyl halides is 3. The van der Waals surface area contributed by atoms with Crippen molar-refractivity contribution in [3.63, 3.8) is 0 Å². The van der Waals surface area contributed by atoms with Gasteiger partial charge in [0, 0.05) is 25.3 Å². The topological polar surface area (TPSA) is 54.4 Å². The zero-order valence-corrected chi connectivity index (χ0v) is 17.0. The van der Waals surface area contributed by atoms with E-state index in [9.17, 15) is 18.0 Å². The minimum Gasteiger partial charge on any atom is -0.462 e. The Kier molecular flexibility index (Phi) is 8.45. The predicted molar refractivity (Wildman–Crippen MR) is 104 cm³/mol. The molecule has 1 saturated heterocycles. The van der Waals surface area contributed by atoms with Crippen LogP contribution in [0.1, 0.15) is 35.7 Å². The summed E-state index contributed by atoms with van der Waals surface area (Å²) in [5.74, 6) is -0.648. The SMILES string of the molecule is CCOCCOC(=NC(=O)c1ccc(C(F)(F)F)cc1)N(C)C1CCN(C)CC1. The lowest BCUT2D eigenvalue weighted by atomic mass is 10.0. The van der Waals surface area contributed by atoms with Crippen LogP contribution in [0.25, 0.3) is 0 Å². The molecule has 0 aliphatic carbocycles. The number of likely N-dealkylation sites (tertiary alicyclic amines) is 1. The molecule has 1 heterocycles. The van der Waals surface area contributed by atoms with Crippen molar-refractivity contribution in [2.75, 3.05) is 47.0 Å². The van der Waals surface area contributed by atoms with Gasteiger partial charge in [0.05, 0.1) is 12.2 Å². The Morgan fingerprint density at radius 3 is 2.38 bits per heavy atom. The van der Waals surface area contributed by atoms with Gasteiger partial charge in [0.25, 0.3) is 11.9 Å². The van der Waals surface area contributed by atoms with Gasteiger partial charge in [-0.05, 0) is 64.2 Å². The van der Waals surface area contributed by atoms with Crippen LogP contribution in [0, 0.1) is 0 Å². The van der Waals surface area contributed by atoms with Crippen LogP contribution >= 0.6 is 0 Å². The molecular weight excluding hydrogens is 387 g/mol. The number of carbonyl (C=O) groups excluding carboxylic acids is 1. The summed E-state index contributed by atoms with van der Waals surface area (Å²) in [7, 11) is 3.87. The number of rotatable bonds is 6. The fourth-order valence-corrected chi connectivity index (χ4v) is 3.04. The summed E-state index contributed by atoms with van der Waals surface area (Å²) >= 11 is 0. The summed E-state index contributed by atoms with van der Waals surface area (Å²) < 4.78 is 49.1. The number of carbonyl (C=O) groups is 1. The van der Waals surface area contributed by atoms with Crippen molar-refractivity contribution < 1.29 is 27.4 Å². The Hall–Kier alpha value is -2.13. The van der Waals surface area contributed by atoms with Gasteiger partial charge in [0.1, 0.15) is 6.61 Å². The molecule has 6 nitrogen and oxygen atoms in total. The molecule has 0 saturated carbocycles. The first-order chi connectivity index (χ1) is 13.7. The van der Waals surface area contributed by atoms with Crippen LogP contribution in [0.4, 0.5) is 13.2 Å². The van der Waals surface area contributed by atoms with Gasteiger partial charge in [-0.3, -0.25) is 4.79 Å². The maximum Gasteiger partial charge on any atom is 0.416 e. The summed E-state index contributed by atoms with van der Waals surface area (Å²) in [6, 6.07) is 4.32. The summed E-state index contributed by atoms with van der Waals surface area (Å²) in [5.41, 5.74) is -0.740. The number of aliphatic imine (C=N–C) groups is 1. The minimum absolute atomic E-state index is 0.0701. The molecule has 0 N–H and O–H groups in total. The number of ether oxygens (including phenoxy) is 2. The molecule has 1 aromatic carbocycles. The van der Waals surface area contributed by atoms with E-state index in [1.54, 1.807) is 0 Å². The molecule has 0 radical (unpaired) electrons. The van der Waals surface area contributed by atoms with Gasteiger partial charge >= 0.3 is 6.18 Å². The van der Waals surface area contributed by atoms with Crippen molar-refractivity contribution in [3.05, 3.63) is 35.4 Å². The van der Waals surface area contributed by atoms with E-state index in [1.807, 2.05) is 18.9 Å². The highest BCUT2D eigenvalue weighted by Crippen LogP contribution is 2.29. The maximum absolute atomic E-state index is 12.7. The lowest BCUT2D eigenvalue weighted by Gasteiger charge is -2.36. The second kappa shape index (κ2) is 10.6. The molecule has 9 heteroatoms. The van der Waals surface area contributed by atoms with E-state index >= 15 is 0 Å². The van der Waals surface area contributed by atoms with Crippen molar-refractivity contribution in [2.45, 2.75) is 32.0 Å². The molecule has 2 rings (SSSR count). The number of hydrogen-bond acceptors (Lipinski definition) is 4. The molecule has 1 aromatic rings. The van der Waals surface area contributed by atoms with E-state index in [1.165, 1.54) is 0 Å². The molecule has 0 atom stereocenters. The van der Waals surface area contributed by atoms with Crippen LogP contribution in [0.2, 0.25) is 0 Å². The lowest BCUT2D eigenvalue weighted by Crippen LogP contribution is -2.45. The summed E-state index contributed by atoms with van der Waals surface area (Å²) in [5, 5.41) is 0. The maximum atomic E-state index is 12.7. The average Bonchev–Trinajstić information content (AvgIpc) is 2.69. The van der Waals surface area contributed by atoms with Crippen molar-refractivity contribution in [2.24, 2.45) is 4.99 Å². The lowest BCUT2D eigenvalue weighted by molar-refractivity contribution is -0.137.